The Hall–Kier alpha value is -1.47. The minimum Gasteiger partial charge on any atom is -0.299 e. The summed E-state index contributed by atoms with van der Waals surface area (Å²) in [4.78, 5) is 23.2. The van der Waals surface area contributed by atoms with Gasteiger partial charge in [0.2, 0.25) is 0 Å². The van der Waals surface area contributed by atoms with E-state index in [4.69, 9.17) is 0 Å². The first-order chi connectivity index (χ1) is 8.91. The van der Waals surface area contributed by atoms with Crippen molar-refractivity contribution in [3.05, 3.63) is 58.6 Å². The fourth-order valence-electron chi connectivity index (χ4n) is 1.77. The highest BCUT2D eigenvalue weighted by Crippen LogP contribution is 2.29. The molecule has 0 saturated heterocycles. The third-order valence-corrected chi connectivity index (χ3v) is 4.87. The van der Waals surface area contributed by atoms with Gasteiger partial charge < -0.3 is 0 Å². The maximum absolute atomic E-state index is 11.8. The predicted molar refractivity (Wildman–Crippen MR) is 78.0 cm³/mol. The van der Waals surface area contributed by atoms with Crippen LogP contribution in [0.1, 0.15) is 16.1 Å². The van der Waals surface area contributed by atoms with Crippen molar-refractivity contribution in [2.45, 2.75) is 20.4 Å². The zero-order valence-corrected chi connectivity index (χ0v) is 12.7. The molecule has 100 valence electrons. The molecule has 1 aromatic heterocycles. The van der Waals surface area contributed by atoms with Gasteiger partial charge in [-0.15, -0.1) is 0 Å². The molecule has 0 fully saturated rings. The number of rotatable bonds is 3. The van der Waals surface area contributed by atoms with Crippen LogP contribution in [0.5, 0.6) is 0 Å². The van der Waals surface area contributed by atoms with Gasteiger partial charge in [0.05, 0.1) is 11.5 Å². The molecule has 0 aliphatic carbocycles. The van der Waals surface area contributed by atoms with Crippen LogP contribution in [0.2, 0.25) is 0 Å². The quantitative estimate of drug-likeness (QED) is 0.635. The van der Waals surface area contributed by atoms with Crippen molar-refractivity contribution in [3.63, 3.8) is 0 Å². The molecule has 0 N–H and O–H groups in total. The summed E-state index contributed by atoms with van der Waals surface area (Å²) in [5, 5.41) is 10.9. The Morgan fingerprint density at radius 2 is 2.11 bits per heavy atom. The van der Waals surface area contributed by atoms with Gasteiger partial charge in [-0.25, -0.2) is 0 Å². The van der Waals surface area contributed by atoms with Crippen LogP contribution in [-0.4, -0.2) is 9.49 Å². The summed E-state index contributed by atoms with van der Waals surface area (Å²) in [7, 11) is 0. The molecule has 19 heavy (non-hydrogen) atoms. The molecule has 2 rings (SSSR count). The molecule has 0 atom stereocenters. The number of benzene rings is 1. The average molecular weight is 343 g/mol. The zero-order valence-electron chi connectivity index (χ0n) is 10.3. The topological polar surface area (TPSA) is 65.1 Å². The zero-order chi connectivity index (χ0) is 14.2. The van der Waals surface area contributed by atoms with Crippen molar-refractivity contribution < 1.29 is 4.92 Å². The van der Waals surface area contributed by atoms with E-state index in [1.807, 2.05) is 13.8 Å². The molecule has 7 heteroatoms. The summed E-state index contributed by atoms with van der Waals surface area (Å²) in [5.41, 5.74) is 1.63. The summed E-state index contributed by atoms with van der Waals surface area (Å²) in [6, 6.07) is 4.83. The van der Waals surface area contributed by atoms with Crippen molar-refractivity contribution in [2.24, 2.45) is 0 Å². The molecule has 1 aromatic carbocycles. The third-order valence-electron chi connectivity index (χ3n) is 2.96. The van der Waals surface area contributed by atoms with Crippen molar-refractivity contribution in [1.29, 1.82) is 0 Å². The first-order valence-corrected chi connectivity index (χ1v) is 7.11. The SMILES string of the molecule is Cc1sc(=O)n(Cc2cccc([N+](=O)[O-])c2Br)c1C. The van der Waals surface area contributed by atoms with E-state index >= 15 is 0 Å². The van der Waals surface area contributed by atoms with Gasteiger partial charge in [0.25, 0.3) is 5.69 Å². The highest BCUT2D eigenvalue weighted by molar-refractivity contribution is 9.10. The summed E-state index contributed by atoms with van der Waals surface area (Å²) in [6.45, 7) is 4.09. The summed E-state index contributed by atoms with van der Waals surface area (Å²) in [5.74, 6) is 0. The Morgan fingerprint density at radius 3 is 2.63 bits per heavy atom. The van der Waals surface area contributed by atoms with Crippen LogP contribution in [0, 0.1) is 24.0 Å². The Bertz CT molecular complexity index is 705. The van der Waals surface area contributed by atoms with Gasteiger partial charge in [-0.1, -0.05) is 23.5 Å². The third kappa shape index (κ3) is 2.62. The fourth-order valence-corrected chi connectivity index (χ4v) is 3.14. The maximum Gasteiger partial charge on any atom is 0.307 e. The first kappa shape index (κ1) is 14.0. The molecular formula is C12H11BrN2O3S. The fraction of sp³-hybridized carbons (Fsp3) is 0.250. The van der Waals surface area contributed by atoms with Crippen molar-refractivity contribution in [2.75, 3.05) is 0 Å². The maximum atomic E-state index is 11.8. The molecule has 0 aliphatic rings. The molecule has 1 heterocycles. The average Bonchev–Trinajstić information content (AvgIpc) is 2.58. The second-order valence-corrected chi connectivity index (χ2v) is 6.06. The van der Waals surface area contributed by atoms with E-state index in [9.17, 15) is 14.9 Å². The first-order valence-electron chi connectivity index (χ1n) is 5.50. The van der Waals surface area contributed by atoms with E-state index < -0.39 is 4.92 Å². The van der Waals surface area contributed by atoms with Crippen molar-refractivity contribution in [1.82, 2.24) is 4.57 Å². The van der Waals surface area contributed by atoms with E-state index in [-0.39, 0.29) is 10.6 Å². The lowest BCUT2D eigenvalue weighted by atomic mass is 10.2. The van der Waals surface area contributed by atoms with Gasteiger partial charge in [-0.05, 0) is 35.3 Å². The molecule has 0 bridgehead atoms. The van der Waals surface area contributed by atoms with Gasteiger partial charge >= 0.3 is 4.87 Å². The molecule has 0 spiro atoms. The van der Waals surface area contributed by atoms with E-state index in [2.05, 4.69) is 15.9 Å². The number of nitrogens with zero attached hydrogens (tertiary/aromatic N) is 2. The number of nitro benzene ring substituents is 1. The standard InChI is InChI=1S/C12H11BrN2O3S/c1-7-8(2)19-12(16)14(7)6-9-4-3-5-10(11(9)13)15(17)18/h3-5H,6H2,1-2H3. The smallest absolute Gasteiger partial charge is 0.299 e. The lowest BCUT2D eigenvalue weighted by molar-refractivity contribution is -0.385. The Morgan fingerprint density at radius 1 is 1.42 bits per heavy atom. The van der Waals surface area contributed by atoms with E-state index in [1.54, 1.807) is 16.7 Å². The normalized spacial score (nSPS) is 10.7. The van der Waals surface area contributed by atoms with Gasteiger partial charge in [0, 0.05) is 16.6 Å². The number of hydrogen-bond acceptors (Lipinski definition) is 4. The molecular weight excluding hydrogens is 332 g/mol. The van der Waals surface area contributed by atoms with Crippen molar-refractivity contribution in [3.8, 4) is 0 Å². The Labute approximate surface area is 121 Å². The molecule has 0 unspecified atom stereocenters. The van der Waals surface area contributed by atoms with Crippen LogP contribution in [0.4, 0.5) is 5.69 Å². The largest absolute Gasteiger partial charge is 0.307 e. The van der Waals surface area contributed by atoms with Crippen LogP contribution in [0.3, 0.4) is 0 Å². The second kappa shape index (κ2) is 5.26. The van der Waals surface area contributed by atoms with Crippen LogP contribution >= 0.6 is 27.3 Å². The monoisotopic (exact) mass is 342 g/mol. The minimum absolute atomic E-state index is 0.00940. The highest BCUT2D eigenvalue weighted by Gasteiger charge is 2.16. The molecule has 0 saturated carbocycles. The van der Waals surface area contributed by atoms with Crippen molar-refractivity contribution >= 4 is 33.0 Å². The van der Waals surface area contributed by atoms with Crippen LogP contribution in [0.25, 0.3) is 0 Å². The molecule has 0 amide bonds. The van der Waals surface area contributed by atoms with Gasteiger partial charge in [-0.2, -0.15) is 0 Å². The molecule has 0 radical (unpaired) electrons. The Balaban J connectivity index is 2.47. The molecule has 2 aromatic rings. The van der Waals surface area contributed by atoms with Crippen LogP contribution < -0.4 is 4.87 Å². The lowest BCUT2D eigenvalue weighted by Gasteiger charge is -2.07. The van der Waals surface area contributed by atoms with Gasteiger partial charge in [-0.3, -0.25) is 19.5 Å². The summed E-state index contributed by atoms with van der Waals surface area (Å²) in [6.07, 6.45) is 0. The van der Waals surface area contributed by atoms with E-state index in [1.165, 1.54) is 17.4 Å². The number of halogens is 1. The number of aromatic nitrogens is 1. The number of thiazole rings is 1. The summed E-state index contributed by atoms with van der Waals surface area (Å²) < 4.78 is 2.05. The van der Waals surface area contributed by atoms with Gasteiger partial charge in [0.15, 0.2) is 0 Å². The summed E-state index contributed by atoms with van der Waals surface area (Å²) >= 11 is 4.43. The number of nitro groups is 1. The van der Waals surface area contributed by atoms with Gasteiger partial charge in [0.1, 0.15) is 4.47 Å². The van der Waals surface area contributed by atoms with Crippen LogP contribution in [-0.2, 0) is 6.54 Å². The molecule has 5 nitrogen and oxygen atoms in total. The van der Waals surface area contributed by atoms with E-state index in [0.717, 1.165) is 16.1 Å². The highest BCUT2D eigenvalue weighted by atomic mass is 79.9. The van der Waals surface area contributed by atoms with Crippen LogP contribution in [0.15, 0.2) is 27.5 Å². The van der Waals surface area contributed by atoms with E-state index in [0.29, 0.717) is 11.0 Å². The number of aryl methyl sites for hydroxylation is 1. The lowest BCUT2D eigenvalue weighted by Crippen LogP contribution is -2.15. The Kier molecular flexibility index (Phi) is 3.86. The minimum atomic E-state index is -0.442. The second-order valence-electron chi connectivity index (χ2n) is 4.10. The number of hydrogen-bond donors (Lipinski definition) is 0. The predicted octanol–water partition coefficient (Wildman–Crippen LogP) is 3.25. The molecule has 0 aliphatic heterocycles.